The minimum absolute atomic E-state index is 0.345. The Labute approximate surface area is 56.7 Å². The molecule has 0 unspecified atom stereocenters. The molecular weight excluding hydrogens is 239 g/mol. The second-order valence-corrected chi connectivity index (χ2v) is 1.58. The first-order chi connectivity index (χ1) is 3.48. The van der Waals surface area contributed by atoms with Gasteiger partial charge in [0.15, 0.2) is 0 Å². The van der Waals surface area contributed by atoms with Gasteiger partial charge in [0.05, 0.1) is 0 Å². The third-order valence-corrected chi connectivity index (χ3v) is 0.913. The lowest BCUT2D eigenvalue weighted by Gasteiger charge is -1.98. The van der Waals surface area contributed by atoms with E-state index in [0.29, 0.717) is 4.08 Å². The van der Waals surface area contributed by atoms with Crippen molar-refractivity contribution in [2.45, 2.75) is 6.18 Å². The van der Waals surface area contributed by atoms with Crippen LogP contribution in [0.3, 0.4) is 0 Å². The van der Waals surface area contributed by atoms with Crippen molar-refractivity contribution in [3.05, 3.63) is 9.91 Å². The molecular formula is C3HF4I. The van der Waals surface area contributed by atoms with E-state index >= 15 is 0 Å². The van der Waals surface area contributed by atoms with Crippen LogP contribution in [0.4, 0.5) is 17.6 Å². The number of alkyl halides is 3. The Kier molecular flexibility index (Phi) is 2.72. The van der Waals surface area contributed by atoms with E-state index < -0.39 is 12.0 Å². The second kappa shape index (κ2) is 2.65. The van der Waals surface area contributed by atoms with Gasteiger partial charge < -0.3 is 0 Å². The zero-order valence-corrected chi connectivity index (χ0v) is 5.62. The Morgan fingerprint density at radius 2 is 1.75 bits per heavy atom. The second-order valence-electron chi connectivity index (χ2n) is 0.955. The van der Waals surface area contributed by atoms with E-state index in [1.165, 1.54) is 22.6 Å². The molecule has 0 atom stereocenters. The SMILES string of the molecule is F/C(=C/I)C(F)(F)F. The summed E-state index contributed by atoms with van der Waals surface area (Å²) in [5.41, 5.74) is 0. The normalized spacial score (nSPS) is 14.4. The van der Waals surface area contributed by atoms with Gasteiger partial charge in [-0.3, -0.25) is 0 Å². The quantitative estimate of drug-likeness (QED) is 0.451. The van der Waals surface area contributed by atoms with Crippen LogP contribution < -0.4 is 0 Å². The number of hydrogen-bond donors (Lipinski definition) is 0. The minimum Gasteiger partial charge on any atom is -0.201 e. The van der Waals surface area contributed by atoms with E-state index in [-0.39, 0.29) is 0 Å². The van der Waals surface area contributed by atoms with Crippen molar-refractivity contribution in [1.82, 2.24) is 0 Å². The molecule has 0 nitrogen and oxygen atoms in total. The maximum absolute atomic E-state index is 11.4. The first-order valence-electron chi connectivity index (χ1n) is 1.51. The number of allylic oxidation sites excluding steroid dienone is 1. The number of hydrogen-bond acceptors (Lipinski definition) is 0. The summed E-state index contributed by atoms with van der Waals surface area (Å²) >= 11 is 1.18. The van der Waals surface area contributed by atoms with E-state index in [1.54, 1.807) is 0 Å². The molecule has 0 amide bonds. The average Bonchev–Trinajstić information content (AvgIpc) is 1.62. The van der Waals surface area contributed by atoms with Crippen LogP contribution in [0.2, 0.25) is 0 Å². The molecule has 0 aromatic rings. The lowest BCUT2D eigenvalue weighted by atomic mass is 10.6. The molecule has 0 fully saturated rings. The largest absolute Gasteiger partial charge is 0.443 e. The summed E-state index contributed by atoms with van der Waals surface area (Å²) in [5.74, 6) is -2.06. The zero-order chi connectivity index (χ0) is 6.78. The molecule has 0 saturated carbocycles. The average molecular weight is 240 g/mol. The van der Waals surface area contributed by atoms with Crippen molar-refractivity contribution in [2.75, 3.05) is 0 Å². The molecule has 0 saturated heterocycles. The molecule has 8 heavy (non-hydrogen) atoms. The van der Waals surface area contributed by atoms with E-state index in [2.05, 4.69) is 0 Å². The maximum atomic E-state index is 11.4. The van der Waals surface area contributed by atoms with Crippen molar-refractivity contribution in [2.24, 2.45) is 0 Å². The Bertz CT molecular complexity index is 102. The van der Waals surface area contributed by atoms with Gasteiger partial charge >= 0.3 is 6.18 Å². The first-order valence-corrected chi connectivity index (χ1v) is 2.76. The summed E-state index contributed by atoms with van der Waals surface area (Å²) in [6.45, 7) is 0. The number of halogens is 5. The monoisotopic (exact) mass is 240 g/mol. The van der Waals surface area contributed by atoms with Gasteiger partial charge in [0.25, 0.3) is 0 Å². The van der Waals surface area contributed by atoms with Crippen LogP contribution in [0.1, 0.15) is 0 Å². The summed E-state index contributed by atoms with van der Waals surface area (Å²) in [6.07, 6.45) is -4.80. The molecule has 0 bridgehead atoms. The topological polar surface area (TPSA) is 0 Å². The minimum atomic E-state index is -4.80. The van der Waals surface area contributed by atoms with Gasteiger partial charge in [-0.05, 0) is 22.6 Å². The van der Waals surface area contributed by atoms with Crippen molar-refractivity contribution >= 4 is 22.6 Å². The van der Waals surface area contributed by atoms with Crippen molar-refractivity contribution in [3.8, 4) is 0 Å². The Hall–Kier alpha value is 0.190. The first kappa shape index (κ1) is 8.19. The molecule has 0 radical (unpaired) electrons. The van der Waals surface area contributed by atoms with Crippen LogP contribution in [-0.2, 0) is 0 Å². The molecule has 0 heterocycles. The van der Waals surface area contributed by atoms with Crippen LogP contribution in [0.15, 0.2) is 9.91 Å². The Morgan fingerprint density at radius 3 is 1.75 bits per heavy atom. The zero-order valence-electron chi connectivity index (χ0n) is 3.47. The predicted molar refractivity (Wildman–Crippen MR) is 29.3 cm³/mol. The highest BCUT2D eigenvalue weighted by Crippen LogP contribution is 2.26. The molecule has 48 valence electrons. The molecule has 0 rings (SSSR count). The molecule has 0 aliphatic heterocycles. The van der Waals surface area contributed by atoms with Gasteiger partial charge in [-0.1, -0.05) is 0 Å². The van der Waals surface area contributed by atoms with Crippen LogP contribution in [0, 0.1) is 0 Å². The Balaban J connectivity index is 4.03. The third-order valence-electron chi connectivity index (χ3n) is 0.367. The van der Waals surface area contributed by atoms with Gasteiger partial charge in [-0.25, -0.2) is 4.39 Å². The summed E-state index contributed by atoms with van der Waals surface area (Å²) in [6, 6.07) is 0. The fraction of sp³-hybridized carbons (Fsp3) is 0.333. The molecule has 0 aromatic heterocycles. The molecule has 5 heteroatoms. The molecule has 0 spiro atoms. The van der Waals surface area contributed by atoms with Crippen LogP contribution >= 0.6 is 22.6 Å². The van der Waals surface area contributed by atoms with Gasteiger partial charge in [0, 0.05) is 4.08 Å². The lowest BCUT2D eigenvalue weighted by Crippen LogP contribution is -2.06. The molecule has 0 aliphatic rings. The van der Waals surface area contributed by atoms with E-state index in [1.807, 2.05) is 0 Å². The molecule has 0 aliphatic carbocycles. The smallest absolute Gasteiger partial charge is 0.201 e. The molecule has 0 aromatic carbocycles. The van der Waals surface area contributed by atoms with Gasteiger partial charge in [-0.15, -0.1) is 0 Å². The fourth-order valence-corrected chi connectivity index (χ4v) is 0.415. The predicted octanol–water partition coefficient (Wildman–Crippen LogP) is 2.79. The highest BCUT2D eigenvalue weighted by molar-refractivity contribution is 14.1. The van der Waals surface area contributed by atoms with Gasteiger partial charge in [-0.2, -0.15) is 13.2 Å². The van der Waals surface area contributed by atoms with Crippen molar-refractivity contribution < 1.29 is 17.6 Å². The summed E-state index contributed by atoms with van der Waals surface area (Å²) in [7, 11) is 0. The van der Waals surface area contributed by atoms with E-state index in [9.17, 15) is 17.6 Å². The van der Waals surface area contributed by atoms with E-state index in [0.717, 1.165) is 0 Å². The van der Waals surface area contributed by atoms with E-state index in [4.69, 9.17) is 0 Å². The third kappa shape index (κ3) is 2.49. The highest BCUT2D eigenvalue weighted by Gasteiger charge is 2.33. The summed E-state index contributed by atoms with van der Waals surface area (Å²) in [4.78, 5) is 0. The van der Waals surface area contributed by atoms with Gasteiger partial charge in [0.1, 0.15) is 0 Å². The molecule has 0 N–H and O–H groups in total. The van der Waals surface area contributed by atoms with Gasteiger partial charge in [0.2, 0.25) is 5.83 Å². The van der Waals surface area contributed by atoms with Crippen LogP contribution in [0.5, 0.6) is 0 Å². The van der Waals surface area contributed by atoms with Crippen molar-refractivity contribution in [1.29, 1.82) is 0 Å². The highest BCUT2D eigenvalue weighted by atomic mass is 127. The fourth-order valence-electron chi connectivity index (χ4n) is 0.0619. The standard InChI is InChI=1S/C3HF4I/c4-2(1-8)3(5,6)7/h1H/b2-1+. The Morgan fingerprint density at radius 1 is 1.38 bits per heavy atom. The van der Waals surface area contributed by atoms with Crippen molar-refractivity contribution in [3.63, 3.8) is 0 Å². The maximum Gasteiger partial charge on any atom is 0.443 e. The van der Waals surface area contributed by atoms with Crippen LogP contribution in [-0.4, -0.2) is 6.18 Å². The summed E-state index contributed by atoms with van der Waals surface area (Å²) < 4.78 is 44.7. The lowest BCUT2D eigenvalue weighted by molar-refractivity contribution is -0.108. The summed E-state index contributed by atoms with van der Waals surface area (Å²) in [5, 5.41) is 0. The van der Waals surface area contributed by atoms with Crippen LogP contribution in [0.25, 0.3) is 0 Å². The number of rotatable bonds is 0.